The van der Waals surface area contributed by atoms with Gasteiger partial charge in [-0.15, -0.1) is 5.10 Å². The minimum atomic E-state index is -0.105. The molecule has 184 valence electrons. The number of benzene rings is 2. The summed E-state index contributed by atoms with van der Waals surface area (Å²) in [7, 11) is 0. The van der Waals surface area contributed by atoms with E-state index in [9.17, 15) is 4.79 Å². The standard InChI is InChI=1S/C28H30N6O2/c1-3-8-26(27-30-31-32-34(27)17-21-9-5-4-6-10-21)33(19-24-11-7-14-36-24)18-23-16-22-13-12-20(2)15-25(22)29-28(23)35/h4-7,9-16,26H,3,8,17-19H2,1-2H3,(H,29,35)/t26-/m0/s1. The van der Waals surface area contributed by atoms with Gasteiger partial charge >= 0.3 is 0 Å². The molecule has 0 bridgehead atoms. The minimum absolute atomic E-state index is 0.0864. The fourth-order valence-electron chi connectivity index (χ4n) is 4.64. The van der Waals surface area contributed by atoms with E-state index in [1.807, 2.05) is 60.1 Å². The molecule has 0 aliphatic heterocycles. The molecule has 8 nitrogen and oxygen atoms in total. The molecule has 5 aromatic rings. The van der Waals surface area contributed by atoms with Crippen molar-refractivity contribution in [3.63, 3.8) is 0 Å². The molecule has 0 fully saturated rings. The van der Waals surface area contributed by atoms with Gasteiger partial charge in [-0.2, -0.15) is 0 Å². The second kappa shape index (κ2) is 10.7. The molecule has 36 heavy (non-hydrogen) atoms. The van der Waals surface area contributed by atoms with Crippen molar-refractivity contribution in [1.82, 2.24) is 30.1 Å². The van der Waals surface area contributed by atoms with Gasteiger partial charge in [0.05, 0.1) is 25.4 Å². The molecule has 0 aliphatic carbocycles. The lowest BCUT2D eigenvalue weighted by Crippen LogP contribution is -2.32. The van der Waals surface area contributed by atoms with Crippen molar-refractivity contribution in [3.8, 4) is 0 Å². The monoisotopic (exact) mass is 482 g/mol. The predicted octanol–water partition coefficient (Wildman–Crippen LogP) is 5.01. The van der Waals surface area contributed by atoms with Gasteiger partial charge in [-0.05, 0) is 64.5 Å². The van der Waals surface area contributed by atoms with E-state index in [0.717, 1.165) is 46.5 Å². The quantitative estimate of drug-likeness (QED) is 0.301. The van der Waals surface area contributed by atoms with E-state index in [1.54, 1.807) is 6.26 Å². The summed E-state index contributed by atoms with van der Waals surface area (Å²) in [6.07, 6.45) is 3.44. The number of furan rings is 1. The van der Waals surface area contributed by atoms with Gasteiger partial charge in [0.15, 0.2) is 5.82 Å². The zero-order chi connectivity index (χ0) is 24.9. The molecule has 3 heterocycles. The van der Waals surface area contributed by atoms with Gasteiger partial charge < -0.3 is 9.40 Å². The number of nitrogens with zero attached hydrogens (tertiary/aromatic N) is 5. The molecule has 0 amide bonds. The summed E-state index contributed by atoms with van der Waals surface area (Å²) in [5.41, 5.74) is 3.69. The first-order valence-corrected chi connectivity index (χ1v) is 12.3. The fourth-order valence-corrected chi connectivity index (χ4v) is 4.64. The van der Waals surface area contributed by atoms with Gasteiger partial charge in [-0.1, -0.05) is 55.8 Å². The molecule has 3 aromatic heterocycles. The molecule has 5 rings (SSSR count). The largest absolute Gasteiger partial charge is 0.468 e. The Labute approximate surface area is 209 Å². The molecular formula is C28H30N6O2. The first-order valence-electron chi connectivity index (χ1n) is 12.3. The number of aromatic amines is 1. The third-order valence-electron chi connectivity index (χ3n) is 6.43. The molecule has 0 saturated carbocycles. The van der Waals surface area contributed by atoms with Gasteiger partial charge in [0, 0.05) is 17.6 Å². The Bertz CT molecular complexity index is 1470. The first-order chi connectivity index (χ1) is 17.6. The Morgan fingerprint density at radius 1 is 1.06 bits per heavy atom. The molecule has 1 N–H and O–H groups in total. The van der Waals surface area contributed by atoms with E-state index in [4.69, 9.17) is 4.42 Å². The average Bonchev–Trinajstić information content (AvgIpc) is 3.56. The van der Waals surface area contributed by atoms with Crippen molar-refractivity contribution in [1.29, 1.82) is 0 Å². The van der Waals surface area contributed by atoms with Gasteiger partial charge in [0.2, 0.25) is 0 Å². The summed E-state index contributed by atoms with van der Waals surface area (Å²) in [5.74, 6) is 1.60. The molecule has 8 heteroatoms. The number of tetrazole rings is 1. The van der Waals surface area contributed by atoms with E-state index < -0.39 is 0 Å². The van der Waals surface area contributed by atoms with Crippen molar-refractivity contribution in [2.24, 2.45) is 0 Å². The topological polar surface area (TPSA) is 92.8 Å². The van der Waals surface area contributed by atoms with Crippen molar-refractivity contribution in [2.45, 2.75) is 52.4 Å². The van der Waals surface area contributed by atoms with Crippen LogP contribution in [0.15, 0.2) is 82.2 Å². The van der Waals surface area contributed by atoms with Crippen LogP contribution in [0.1, 0.15) is 54.1 Å². The van der Waals surface area contributed by atoms with Crippen LogP contribution in [0.5, 0.6) is 0 Å². The molecule has 0 aliphatic rings. The third-order valence-corrected chi connectivity index (χ3v) is 6.43. The maximum Gasteiger partial charge on any atom is 0.252 e. The summed E-state index contributed by atoms with van der Waals surface area (Å²) < 4.78 is 7.56. The van der Waals surface area contributed by atoms with Crippen LogP contribution in [0, 0.1) is 6.92 Å². The number of nitrogens with one attached hydrogen (secondary N) is 1. The number of pyridine rings is 1. The second-order valence-electron chi connectivity index (χ2n) is 9.18. The van der Waals surface area contributed by atoms with Crippen molar-refractivity contribution >= 4 is 10.9 Å². The van der Waals surface area contributed by atoms with E-state index in [2.05, 4.69) is 50.5 Å². The fraction of sp³-hybridized carbons (Fsp3) is 0.286. The van der Waals surface area contributed by atoms with Gasteiger partial charge in [0.25, 0.3) is 5.56 Å². The van der Waals surface area contributed by atoms with Crippen LogP contribution in [0.3, 0.4) is 0 Å². The van der Waals surface area contributed by atoms with E-state index in [0.29, 0.717) is 25.2 Å². The number of H-pyrrole nitrogens is 1. The highest BCUT2D eigenvalue weighted by Gasteiger charge is 2.27. The average molecular weight is 483 g/mol. The van der Waals surface area contributed by atoms with Gasteiger partial charge in [0.1, 0.15) is 5.76 Å². The highest BCUT2D eigenvalue weighted by molar-refractivity contribution is 5.79. The van der Waals surface area contributed by atoms with Crippen LogP contribution in [0.2, 0.25) is 0 Å². The van der Waals surface area contributed by atoms with Crippen LogP contribution in [-0.2, 0) is 19.6 Å². The van der Waals surface area contributed by atoms with Crippen LogP contribution in [0.25, 0.3) is 10.9 Å². The maximum absolute atomic E-state index is 13.1. The molecule has 0 radical (unpaired) electrons. The SMILES string of the molecule is CCC[C@@H](c1nnnn1Cc1ccccc1)N(Cc1ccco1)Cc1cc2ccc(C)cc2[nH]c1=O. The number of rotatable bonds is 10. The Morgan fingerprint density at radius 3 is 2.69 bits per heavy atom. The number of hydrogen-bond acceptors (Lipinski definition) is 6. The zero-order valence-corrected chi connectivity index (χ0v) is 20.6. The van der Waals surface area contributed by atoms with Crippen molar-refractivity contribution in [2.75, 3.05) is 0 Å². The normalized spacial score (nSPS) is 12.4. The van der Waals surface area contributed by atoms with Gasteiger partial charge in [-0.3, -0.25) is 9.69 Å². The summed E-state index contributed by atoms with van der Waals surface area (Å²) in [5, 5.41) is 13.8. The minimum Gasteiger partial charge on any atom is -0.468 e. The van der Waals surface area contributed by atoms with Crippen molar-refractivity contribution in [3.05, 3.63) is 112 Å². The van der Waals surface area contributed by atoms with Gasteiger partial charge in [-0.25, -0.2) is 4.68 Å². The maximum atomic E-state index is 13.1. The Kier molecular flexibility index (Phi) is 7.04. The predicted molar refractivity (Wildman–Crippen MR) is 138 cm³/mol. The number of fused-ring (bicyclic) bond motifs is 1. The number of hydrogen-bond donors (Lipinski definition) is 1. The molecule has 0 spiro atoms. The molecule has 1 atom stereocenters. The summed E-state index contributed by atoms with van der Waals surface area (Å²) in [6, 6.07) is 22.0. The van der Waals surface area contributed by atoms with E-state index >= 15 is 0 Å². The summed E-state index contributed by atoms with van der Waals surface area (Å²) >= 11 is 0. The van der Waals surface area contributed by atoms with E-state index in [1.165, 1.54) is 0 Å². The summed E-state index contributed by atoms with van der Waals surface area (Å²) in [4.78, 5) is 18.4. The number of aryl methyl sites for hydroxylation is 1. The third kappa shape index (κ3) is 5.28. The lowest BCUT2D eigenvalue weighted by molar-refractivity contribution is 0.144. The lowest BCUT2D eigenvalue weighted by atomic mass is 10.1. The smallest absolute Gasteiger partial charge is 0.252 e. The zero-order valence-electron chi connectivity index (χ0n) is 20.6. The molecule has 2 aromatic carbocycles. The van der Waals surface area contributed by atoms with Crippen LogP contribution >= 0.6 is 0 Å². The van der Waals surface area contributed by atoms with Crippen LogP contribution in [-0.4, -0.2) is 30.1 Å². The number of aromatic nitrogens is 5. The Morgan fingerprint density at radius 2 is 1.92 bits per heavy atom. The van der Waals surface area contributed by atoms with E-state index in [-0.39, 0.29) is 11.6 Å². The molecule has 0 unspecified atom stereocenters. The first kappa shape index (κ1) is 23.7. The second-order valence-corrected chi connectivity index (χ2v) is 9.18. The Hall–Kier alpha value is -4.04. The van der Waals surface area contributed by atoms with Crippen molar-refractivity contribution < 1.29 is 4.42 Å². The van der Waals surface area contributed by atoms with Crippen LogP contribution in [0.4, 0.5) is 0 Å². The van der Waals surface area contributed by atoms with Crippen LogP contribution < -0.4 is 5.56 Å². The Balaban J connectivity index is 1.52. The summed E-state index contributed by atoms with van der Waals surface area (Å²) in [6.45, 7) is 5.71. The highest BCUT2D eigenvalue weighted by atomic mass is 16.3. The molecular weight excluding hydrogens is 452 g/mol. The molecule has 0 saturated heterocycles. The highest BCUT2D eigenvalue weighted by Crippen LogP contribution is 2.28. The lowest BCUT2D eigenvalue weighted by Gasteiger charge is -2.30.